The quantitative estimate of drug-likeness (QED) is 0.781. The van der Waals surface area contributed by atoms with Gasteiger partial charge in [0.05, 0.1) is 28.0 Å². The van der Waals surface area contributed by atoms with Gasteiger partial charge in [-0.3, -0.25) is 9.03 Å². The first-order valence-electron chi connectivity index (χ1n) is 7.64. The maximum absolute atomic E-state index is 12.4. The van der Waals surface area contributed by atoms with Crippen LogP contribution in [-0.2, 0) is 20.0 Å². The molecule has 0 bridgehead atoms. The summed E-state index contributed by atoms with van der Waals surface area (Å²) in [5, 5.41) is 10.7. The fraction of sp³-hybridized carbons (Fsp3) is 0.188. The van der Waals surface area contributed by atoms with E-state index in [0.29, 0.717) is 18.7 Å². The van der Waals surface area contributed by atoms with Crippen molar-refractivity contribution in [3.63, 3.8) is 0 Å². The molecular formula is C16H15N2O6S2-. The van der Waals surface area contributed by atoms with Crippen LogP contribution in [0.25, 0.3) is 0 Å². The zero-order valence-corrected chi connectivity index (χ0v) is 15.1. The summed E-state index contributed by atoms with van der Waals surface area (Å²) in [6, 6.07) is 10.7. The van der Waals surface area contributed by atoms with Gasteiger partial charge in [-0.25, -0.2) is 16.8 Å². The summed E-state index contributed by atoms with van der Waals surface area (Å²) in [4.78, 5) is 10.6. The van der Waals surface area contributed by atoms with Crippen LogP contribution < -0.4 is 14.1 Å². The summed E-state index contributed by atoms with van der Waals surface area (Å²) in [6.07, 6.45) is 0.517. The highest BCUT2D eigenvalue weighted by Crippen LogP contribution is 2.27. The number of carbonyl (C=O) groups is 1. The number of benzene rings is 2. The highest BCUT2D eigenvalue weighted by atomic mass is 32.2. The molecule has 8 nitrogen and oxygen atoms in total. The topological polar surface area (TPSA) is 124 Å². The average Bonchev–Trinajstić information content (AvgIpc) is 2.94. The third-order valence-electron chi connectivity index (χ3n) is 3.89. The second kappa shape index (κ2) is 6.61. The number of rotatable bonds is 5. The lowest BCUT2D eigenvalue weighted by Crippen LogP contribution is -2.25. The first-order valence-corrected chi connectivity index (χ1v) is 10.7. The van der Waals surface area contributed by atoms with Gasteiger partial charge in [0, 0.05) is 6.54 Å². The van der Waals surface area contributed by atoms with Crippen LogP contribution in [0.4, 0.5) is 11.4 Å². The lowest BCUT2D eigenvalue weighted by Gasteiger charge is -2.18. The van der Waals surface area contributed by atoms with Crippen LogP contribution in [0.3, 0.4) is 0 Å². The normalized spacial score (nSPS) is 16.4. The summed E-state index contributed by atoms with van der Waals surface area (Å²) in [5.74, 6) is -1.34. The molecule has 0 aliphatic carbocycles. The van der Waals surface area contributed by atoms with Crippen LogP contribution in [0.15, 0.2) is 53.4 Å². The van der Waals surface area contributed by atoms with Crippen molar-refractivity contribution in [3.05, 3.63) is 54.1 Å². The van der Waals surface area contributed by atoms with Gasteiger partial charge in [-0.1, -0.05) is 18.2 Å². The number of nitrogens with zero attached hydrogens (tertiary/aromatic N) is 1. The minimum atomic E-state index is -3.96. The molecule has 0 aromatic heterocycles. The molecule has 0 amide bonds. The van der Waals surface area contributed by atoms with Crippen LogP contribution in [0.5, 0.6) is 0 Å². The molecule has 138 valence electrons. The Morgan fingerprint density at radius 2 is 1.81 bits per heavy atom. The summed E-state index contributed by atoms with van der Waals surface area (Å²) in [6.45, 7) is 0.350. The molecule has 1 saturated heterocycles. The molecule has 1 aliphatic rings. The maximum atomic E-state index is 12.4. The van der Waals surface area contributed by atoms with Gasteiger partial charge in [-0.2, -0.15) is 0 Å². The van der Waals surface area contributed by atoms with E-state index in [1.165, 1.54) is 16.4 Å². The van der Waals surface area contributed by atoms with Crippen molar-refractivity contribution < 1.29 is 26.7 Å². The van der Waals surface area contributed by atoms with Gasteiger partial charge in [0.25, 0.3) is 10.0 Å². The molecule has 0 saturated carbocycles. The largest absolute Gasteiger partial charge is 0.545 e. The van der Waals surface area contributed by atoms with Crippen LogP contribution in [0, 0.1) is 0 Å². The van der Waals surface area contributed by atoms with E-state index in [2.05, 4.69) is 4.72 Å². The smallest absolute Gasteiger partial charge is 0.261 e. The number of sulfonamides is 2. The van der Waals surface area contributed by atoms with Gasteiger partial charge in [-0.05, 0) is 42.3 Å². The van der Waals surface area contributed by atoms with Gasteiger partial charge in [-0.15, -0.1) is 0 Å². The van der Waals surface area contributed by atoms with Crippen molar-refractivity contribution in [3.8, 4) is 0 Å². The van der Waals surface area contributed by atoms with Gasteiger partial charge in [0.1, 0.15) is 0 Å². The summed E-state index contributed by atoms with van der Waals surface area (Å²) in [5.41, 5.74) is 0.453. The van der Waals surface area contributed by atoms with Crippen LogP contribution >= 0.6 is 0 Å². The molecule has 2 aromatic rings. The molecule has 0 unspecified atom stereocenters. The maximum Gasteiger partial charge on any atom is 0.261 e. The van der Waals surface area contributed by atoms with Crippen molar-refractivity contribution in [2.45, 2.75) is 11.3 Å². The van der Waals surface area contributed by atoms with E-state index in [4.69, 9.17) is 0 Å². The Hall–Kier alpha value is -2.59. The zero-order valence-electron chi connectivity index (χ0n) is 13.5. The number of carboxylic acids is 1. The highest BCUT2D eigenvalue weighted by Gasteiger charge is 2.28. The minimum Gasteiger partial charge on any atom is -0.545 e. The first kappa shape index (κ1) is 18.2. The zero-order chi connectivity index (χ0) is 18.9. The Balaban J connectivity index is 1.86. The number of hydrogen-bond donors (Lipinski definition) is 1. The van der Waals surface area contributed by atoms with Crippen molar-refractivity contribution in [1.29, 1.82) is 0 Å². The molecule has 1 fully saturated rings. The molecule has 3 rings (SSSR count). The molecule has 1 aliphatic heterocycles. The van der Waals surface area contributed by atoms with E-state index < -0.39 is 26.0 Å². The van der Waals surface area contributed by atoms with E-state index in [1.807, 2.05) is 0 Å². The van der Waals surface area contributed by atoms with Gasteiger partial charge in [0.2, 0.25) is 10.0 Å². The monoisotopic (exact) mass is 395 g/mol. The first-order chi connectivity index (χ1) is 12.2. The number of aromatic carboxylic acids is 1. The lowest BCUT2D eigenvalue weighted by molar-refractivity contribution is -0.255. The third kappa shape index (κ3) is 3.65. The molecule has 26 heavy (non-hydrogen) atoms. The Kier molecular flexibility index (Phi) is 4.63. The lowest BCUT2D eigenvalue weighted by atomic mass is 10.2. The molecule has 2 aromatic carbocycles. The molecule has 0 atom stereocenters. The SMILES string of the molecule is O=C([O-])c1ccc(S(=O)(=O)Nc2cccc(N3CCCS3(=O)=O)c2)cc1. The number of hydrogen-bond acceptors (Lipinski definition) is 6. The van der Waals surface area contributed by atoms with Gasteiger partial charge < -0.3 is 9.90 Å². The van der Waals surface area contributed by atoms with Crippen molar-refractivity contribution >= 4 is 37.4 Å². The molecule has 0 spiro atoms. The molecule has 10 heteroatoms. The van der Waals surface area contributed by atoms with Gasteiger partial charge in [0.15, 0.2) is 0 Å². The second-order valence-corrected chi connectivity index (χ2v) is 9.40. The third-order valence-corrected chi connectivity index (χ3v) is 7.15. The van der Waals surface area contributed by atoms with Crippen LogP contribution in [-0.4, -0.2) is 35.1 Å². The van der Waals surface area contributed by atoms with E-state index in [-0.39, 0.29) is 21.9 Å². The fourth-order valence-corrected chi connectivity index (χ4v) is 5.24. The van der Waals surface area contributed by atoms with E-state index in [0.717, 1.165) is 24.3 Å². The van der Waals surface area contributed by atoms with E-state index >= 15 is 0 Å². The number of anilines is 2. The number of carboxylic acid groups (broad SMARTS) is 1. The molecular weight excluding hydrogens is 380 g/mol. The summed E-state index contributed by atoms with van der Waals surface area (Å²) >= 11 is 0. The fourth-order valence-electron chi connectivity index (χ4n) is 2.64. The van der Waals surface area contributed by atoms with Crippen molar-refractivity contribution in [2.24, 2.45) is 0 Å². The number of nitrogens with one attached hydrogen (secondary N) is 1. The Morgan fingerprint density at radius 3 is 2.38 bits per heavy atom. The predicted molar refractivity (Wildman–Crippen MR) is 93.8 cm³/mol. The Morgan fingerprint density at radius 1 is 1.12 bits per heavy atom. The molecule has 0 radical (unpaired) electrons. The van der Waals surface area contributed by atoms with E-state index in [1.54, 1.807) is 12.1 Å². The minimum absolute atomic E-state index is 0.0632. The molecule has 1 N–H and O–H groups in total. The van der Waals surface area contributed by atoms with Gasteiger partial charge >= 0.3 is 0 Å². The van der Waals surface area contributed by atoms with Crippen molar-refractivity contribution in [1.82, 2.24) is 0 Å². The molecule has 1 heterocycles. The second-order valence-electron chi connectivity index (χ2n) is 5.71. The van der Waals surface area contributed by atoms with Crippen molar-refractivity contribution in [2.75, 3.05) is 21.3 Å². The Labute approximate surface area is 151 Å². The Bertz CT molecular complexity index is 1050. The summed E-state index contributed by atoms with van der Waals surface area (Å²) < 4.78 is 52.5. The average molecular weight is 395 g/mol. The van der Waals surface area contributed by atoms with Crippen LogP contribution in [0.1, 0.15) is 16.8 Å². The summed E-state index contributed by atoms with van der Waals surface area (Å²) in [7, 11) is -7.33. The number of carbonyl (C=O) groups excluding carboxylic acids is 1. The standard InChI is InChI=1S/C16H16N2O6S2/c19-16(20)12-5-7-15(8-6-12)26(23,24)17-13-3-1-4-14(11-13)18-9-2-10-25(18,21)22/h1,3-8,11,17H,2,9-10H2,(H,19,20)/p-1. The predicted octanol–water partition coefficient (Wildman–Crippen LogP) is 0.391. The van der Waals surface area contributed by atoms with Crippen LogP contribution in [0.2, 0.25) is 0 Å². The highest BCUT2D eigenvalue weighted by molar-refractivity contribution is 7.93. The van der Waals surface area contributed by atoms with E-state index in [9.17, 15) is 26.7 Å².